The predicted octanol–water partition coefficient (Wildman–Crippen LogP) is 3.73. The van der Waals surface area contributed by atoms with Crippen molar-refractivity contribution in [1.29, 1.82) is 0 Å². The van der Waals surface area contributed by atoms with Gasteiger partial charge in [-0.3, -0.25) is 4.90 Å². The second kappa shape index (κ2) is 7.84. The van der Waals surface area contributed by atoms with Gasteiger partial charge < -0.3 is 18.3 Å². The van der Waals surface area contributed by atoms with Gasteiger partial charge in [-0.05, 0) is 55.8 Å². The molecule has 142 valence electrons. The predicted molar refractivity (Wildman–Crippen MR) is 98.8 cm³/mol. The molecule has 0 N–H and O–H groups in total. The fraction of sp³-hybridized carbons (Fsp3) is 0.400. The molecule has 1 aliphatic rings. The lowest BCUT2D eigenvalue weighted by Gasteiger charge is -2.30. The number of hydrogen-bond donors (Lipinski definition) is 0. The highest BCUT2D eigenvalue weighted by molar-refractivity contribution is 5.42. The molecule has 1 aliphatic heterocycles. The van der Waals surface area contributed by atoms with Crippen molar-refractivity contribution in [2.24, 2.45) is 0 Å². The minimum absolute atomic E-state index is 0.289. The van der Waals surface area contributed by atoms with E-state index >= 15 is 0 Å². The van der Waals surface area contributed by atoms with Crippen LogP contribution in [0.3, 0.4) is 0 Å². The monoisotopic (exact) mass is 369 g/mol. The Hall–Kier alpha value is -2.80. The number of piperidine rings is 1. The summed E-state index contributed by atoms with van der Waals surface area (Å²) in [5, 5.41) is 8.33. The summed E-state index contributed by atoms with van der Waals surface area (Å²) in [6, 6.07) is 9.64. The Morgan fingerprint density at radius 1 is 1.07 bits per heavy atom. The van der Waals surface area contributed by atoms with Crippen molar-refractivity contribution in [1.82, 2.24) is 15.1 Å². The van der Waals surface area contributed by atoms with Crippen molar-refractivity contribution in [2.45, 2.75) is 25.3 Å². The van der Waals surface area contributed by atoms with Crippen molar-refractivity contribution in [3.63, 3.8) is 0 Å². The number of nitrogens with zero attached hydrogens (tertiary/aromatic N) is 3. The first-order valence-electron chi connectivity index (χ1n) is 9.06. The SMILES string of the molecule is COc1cc(CN2CCC(c3nnc(-c4ccco4)o3)CC2)cc(OC)c1. The Labute approximate surface area is 157 Å². The van der Waals surface area contributed by atoms with Crippen LogP contribution in [0.5, 0.6) is 11.5 Å². The number of benzene rings is 1. The topological polar surface area (TPSA) is 73.8 Å². The van der Waals surface area contributed by atoms with Gasteiger partial charge in [0.05, 0.1) is 20.5 Å². The Kier molecular flexibility index (Phi) is 5.11. The van der Waals surface area contributed by atoms with Crippen LogP contribution in [0, 0.1) is 0 Å². The molecule has 2 aromatic heterocycles. The standard InChI is InChI=1S/C20H23N3O4/c1-24-16-10-14(11-17(12-16)25-2)13-23-7-5-15(6-8-23)19-21-22-20(27-19)18-4-3-9-26-18/h3-4,9-12,15H,5-8,13H2,1-2H3. The van der Waals surface area contributed by atoms with Gasteiger partial charge in [0.1, 0.15) is 11.5 Å². The highest BCUT2D eigenvalue weighted by Gasteiger charge is 2.25. The maximum absolute atomic E-state index is 5.81. The van der Waals surface area contributed by atoms with Crippen LogP contribution in [0.15, 0.2) is 45.4 Å². The van der Waals surface area contributed by atoms with Gasteiger partial charge in [-0.25, -0.2) is 0 Å². The summed E-state index contributed by atoms with van der Waals surface area (Å²) in [6.07, 6.45) is 3.58. The molecule has 0 unspecified atom stereocenters. The maximum atomic E-state index is 5.81. The van der Waals surface area contributed by atoms with Crippen LogP contribution in [0.1, 0.15) is 30.2 Å². The third-order valence-corrected chi connectivity index (χ3v) is 4.93. The summed E-state index contributed by atoms with van der Waals surface area (Å²) >= 11 is 0. The third kappa shape index (κ3) is 3.98. The van der Waals surface area contributed by atoms with E-state index in [1.54, 1.807) is 20.5 Å². The largest absolute Gasteiger partial charge is 0.497 e. The Morgan fingerprint density at radius 3 is 2.44 bits per heavy atom. The number of rotatable bonds is 6. The average molecular weight is 369 g/mol. The summed E-state index contributed by atoms with van der Waals surface area (Å²) in [6.45, 7) is 2.81. The Morgan fingerprint density at radius 2 is 1.81 bits per heavy atom. The molecule has 3 aromatic rings. The third-order valence-electron chi connectivity index (χ3n) is 4.93. The van der Waals surface area contributed by atoms with E-state index in [0.29, 0.717) is 17.5 Å². The Balaban J connectivity index is 1.37. The molecule has 4 rings (SSSR count). The first kappa shape index (κ1) is 17.6. The number of likely N-dealkylation sites (tertiary alicyclic amines) is 1. The normalized spacial score (nSPS) is 15.8. The van der Waals surface area contributed by atoms with E-state index < -0.39 is 0 Å². The number of ether oxygens (including phenoxy) is 2. The van der Waals surface area contributed by atoms with Crippen LogP contribution < -0.4 is 9.47 Å². The Bertz CT molecular complexity index is 845. The van der Waals surface area contributed by atoms with Crippen LogP contribution in [0.4, 0.5) is 0 Å². The smallest absolute Gasteiger partial charge is 0.283 e. The van der Waals surface area contributed by atoms with Gasteiger partial charge in [0.15, 0.2) is 5.76 Å². The van der Waals surface area contributed by atoms with Gasteiger partial charge in [-0.2, -0.15) is 0 Å². The zero-order chi connectivity index (χ0) is 18.6. The molecule has 27 heavy (non-hydrogen) atoms. The van der Waals surface area contributed by atoms with E-state index in [9.17, 15) is 0 Å². The number of aromatic nitrogens is 2. The van der Waals surface area contributed by atoms with Crippen LogP contribution in [0.2, 0.25) is 0 Å². The molecular weight excluding hydrogens is 346 g/mol. The lowest BCUT2D eigenvalue weighted by molar-refractivity contribution is 0.192. The summed E-state index contributed by atoms with van der Waals surface area (Å²) in [7, 11) is 3.34. The van der Waals surface area contributed by atoms with E-state index in [4.69, 9.17) is 18.3 Å². The van der Waals surface area contributed by atoms with Crippen LogP contribution in [0.25, 0.3) is 11.7 Å². The molecule has 1 aromatic carbocycles. The van der Waals surface area contributed by atoms with Crippen molar-refractivity contribution >= 4 is 0 Å². The first-order chi connectivity index (χ1) is 13.2. The van der Waals surface area contributed by atoms with Gasteiger partial charge in [-0.1, -0.05) is 0 Å². The summed E-state index contributed by atoms with van der Waals surface area (Å²) in [5.41, 5.74) is 1.18. The van der Waals surface area contributed by atoms with Crippen LogP contribution >= 0.6 is 0 Å². The molecule has 3 heterocycles. The van der Waals surface area contributed by atoms with E-state index in [-0.39, 0.29) is 5.92 Å². The lowest BCUT2D eigenvalue weighted by Crippen LogP contribution is -2.32. The minimum Gasteiger partial charge on any atom is -0.497 e. The van der Waals surface area contributed by atoms with Gasteiger partial charge in [0.25, 0.3) is 5.89 Å². The molecule has 0 amide bonds. The van der Waals surface area contributed by atoms with Gasteiger partial charge in [0, 0.05) is 18.5 Å². The summed E-state index contributed by atoms with van der Waals surface area (Å²) in [5.74, 6) is 3.67. The zero-order valence-electron chi connectivity index (χ0n) is 15.6. The first-order valence-corrected chi connectivity index (χ1v) is 9.06. The second-order valence-electron chi connectivity index (χ2n) is 6.69. The summed E-state index contributed by atoms with van der Waals surface area (Å²) < 4.78 is 21.9. The molecule has 0 spiro atoms. The minimum atomic E-state index is 0.289. The molecule has 0 radical (unpaired) electrons. The van der Waals surface area contributed by atoms with Gasteiger partial charge in [0.2, 0.25) is 5.89 Å². The van der Waals surface area contributed by atoms with Crippen molar-refractivity contribution < 1.29 is 18.3 Å². The second-order valence-corrected chi connectivity index (χ2v) is 6.69. The van der Waals surface area contributed by atoms with Crippen LogP contribution in [-0.2, 0) is 6.54 Å². The molecule has 0 bridgehead atoms. The zero-order valence-corrected chi connectivity index (χ0v) is 15.6. The van der Waals surface area contributed by atoms with Gasteiger partial charge in [-0.15, -0.1) is 10.2 Å². The van der Waals surface area contributed by atoms with Crippen molar-refractivity contribution in [3.05, 3.63) is 48.0 Å². The van der Waals surface area contributed by atoms with Crippen molar-refractivity contribution in [3.8, 4) is 23.1 Å². The van der Waals surface area contributed by atoms with Gasteiger partial charge >= 0.3 is 0 Å². The molecule has 1 saturated heterocycles. The number of methoxy groups -OCH3 is 2. The van der Waals surface area contributed by atoms with E-state index in [1.165, 1.54) is 5.56 Å². The number of furan rings is 1. The molecule has 7 heteroatoms. The molecule has 0 aliphatic carbocycles. The lowest BCUT2D eigenvalue weighted by atomic mass is 9.96. The molecule has 1 fully saturated rings. The highest BCUT2D eigenvalue weighted by Crippen LogP contribution is 2.31. The molecule has 0 saturated carbocycles. The molecule has 0 atom stereocenters. The van der Waals surface area contributed by atoms with Crippen LogP contribution in [-0.4, -0.2) is 42.4 Å². The molecule has 7 nitrogen and oxygen atoms in total. The maximum Gasteiger partial charge on any atom is 0.283 e. The van der Waals surface area contributed by atoms with Crippen molar-refractivity contribution in [2.75, 3.05) is 27.3 Å². The van der Waals surface area contributed by atoms with E-state index in [0.717, 1.165) is 44.0 Å². The quantitative estimate of drug-likeness (QED) is 0.655. The summed E-state index contributed by atoms with van der Waals surface area (Å²) in [4.78, 5) is 2.43. The van der Waals surface area contributed by atoms with E-state index in [2.05, 4.69) is 27.2 Å². The average Bonchev–Trinajstić information content (AvgIpc) is 3.40. The fourth-order valence-corrected chi connectivity index (χ4v) is 3.45. The van der Waals surface area contributed by atoms with E-state index in [1.807, 2.05) is 18.2 Å². The molecular formula is C20H23N3O4. The highest BCUT2D eigenvalue weighted by atomic mass is 16.5. The number of hydrogen-bond acceptors (Lipinski definition) is 7. The fourth-order valence-electron chi connectivity index (χ4n) is 3.45.